The molecule has 2 heterocycles. The highest BCUT2D eigenvalue weighted by molar-refractivity contribution is 5.94. The van der Waals surface area contributed by atoms with Crippen molar-refractivity contribution in [3.05, 3.63) is 75.9 Å². The maximum absolute atomic E-state index is 12.1. The maximum Gasteiger partial charge on any atom is 0.336 e. The first-order valence-corrected chi connectivity index (χ1v) is 6.85. The number of carbonyl (C=O) groups excluding carboxylic acids is 1. The Bertz CT molecular complexity index is 885. The third-order valence-corrected chi connectivity index (χ3v) is 3.37. The molecule has 3 aromatic rings. The molecule has 22 heavy (non-hydrogen) atoms. The number of nitrogens with one attached hydrogen (secondary N) is 1. The number of hydrogen-bond donors (Lipinski definition) is 1. The minimum Gasteiger partial charge on any atom is -0.423 e. The predicted molar refractivity (Wildman–Crippen MR) is 82.6 cm³/mol. The average Bonchev–Trinajstić information content (AvgIpc) is 2.52. The van der Waals surface area contributed by atoms with Gasteiger partial charge in [-0.15, -0.1) is 0 Å². The standard InChI is InChI=1S/C17H14N2O3/c1-11-2-3-14-13(9-16(20)22-15(14)8-11)10-19-17(21)12-4-6-18-7-5-12/h2-9H,10H2,1H3,(H,19,21). The summed E-state index contributed by atoms with van der Waals surface area (Å²) in [6, 6.07) is 10.3. The van der Waals surface area contributed by atoms with E-state index >= 15 is 0 Å². The molecular formula is C17H14N2O3. The molecule has 1 amide bonds. The Morgan fingerprint density at radius 2 is 1.95 bits per heavy atom. The van der Waals surface area contributed by atoms with Gasteiger partial charge in [0, 0.05) is 36.0 Å². The Hall–Kier alpha value is -2.95. The Balaban J connectivity index is 1.88. The molecule has 1 aromatic carbocycles. The van der Waals surface area contributed by atoms with Gasteiger partial charge < -0.3 is 9.73 Å². The minimum atomic E-state index is -0.425. The fraction of sp³-hybridized carbons (Fsp3) is 0.118. The third-order valence-electron chi connectivity index (χ3n) is 3.37. The number of hydrogen-bond acceptors (Lipinski definition) is 4. The lowest BCUT2D eigenvalue weighted by molar-refractivity contribution is 0.0951. The van der Waals surface area contributed by atoms with E-state index in [1.54, 1.807) is 24.5 Å². The molecule has 0 unspecified atom stereocenters. The van der Waals surface area contributed by atoms with Gasteiger partial charge in [0.2, 0.25) is 0 Å². The molecule has 0 atom stereocenters. The van der Waals surface area contributed by atoms with E-state index in [0.717, 1.165) is 16.5 Å². The summed E-state index contributed by atoms with van der Waals surface area (Å²) in [6.07, 6.45) is 3.12. The van der Waals surface area contributed by atoms with Crippen LogP contribution in [0.1, 0.15) is 21.5 Å². The number of nitrogens with zero attached hydrogens (tertiary/aromatic N) is 1. The average molecular weight is 294 g/mol. The lowest BCUT2D eigenvalue weighted by atomic mass is 10.1. The van der Waals surface area contributed by atoms with Crippen LogP contribution in [0.15, 0.2) is 58.0 Å². The molecule has 0 saturated carbocycles. The monoisotopic (exact) mass is 294 g/mol. The normalized spacial score (nSPS) is 10.6. The highest BCUT2D eigenvalue weighted by Gasteiger charge is 2.09. The predicted octanol–water partition coefficient (Wildman–Crippen LogP) is 2.43. The molecule has 110 valence electrons. The van der Waals surface area contributed by atoms with Crippen LogP contribution in [-0.4, -0.2) is 10.9 Å². The van der Waals surface area contributed by atoms with Gasteiger partial charge >= 0.3 is 5.63 Å². The van der Waals surface area contributed by atoms with Crippen molar-refractivity contribution in [2.75, 3.05) is 0 Å². The van der Waals surface area contributed by atoms with Gasteiger partial charge in [0.15, 0.2) is 0 Å². The van der Waals surface area contributed by atoms with E-state index in [4.69, 9.17) is 4.42 Å². The van der Waals surface area contributed by atoms with Gasteiger partial charge in [0.1, 0.15) is 5.58 Å². The number of carbonyl (C=O) groups is 1. The topological polar surface area (TPSA) is 72.2 Å². The van der Waals surface area contributed by atoms with Crippen LogP contribution in [0.2, 0.25) is 0 Å². The SMILES string of the molecule is Cc1ccc2c(CNC(=O)c3ccncc3)cc(=O)oc2c1. The molecule has 5 nitrogen and oxygen atoms in total. The molecule has 0 aliphatic heterocycles. The number of aryl methyl sites for hydroxylation is 1. The van der Waals surface area contributed by atoms with Crippen LogP contribution in [0.25, 0.3) is 11.0 Å². The van der Waals surface area contributed by atoms with Gasteiger partial charge in [-0.3, -0.25) is 9.78 Å². The van der Waals surface area contributed by atoms with E-state index in [1.807, 2.05) is 25.1 Å². The summed E-state index contributed by atoms with van der Waals surface area (Å²) >= 11 is 0. The molecule has 0 radical (unpaired) electrons. The van der Waals surface area contributed by atoms with Crippen LogP contribution in [0.4, 0.5) is 0 Å². The van der Waals surface area contributed by atoms with Crippen LogP contribution in [0.3, 0.4) is 0 Å². The highest BCUT2D eigenvalue weighted by Crippen LogP contribution is 2.18. The molecule has 0 fully saturated rings. The van der Waals surface area contributed by atoms with Gasteiger partial charge in [-0.1, -0.05) is 12.1 Å². The number of pyridine rings is 1. The summed E-state index contributed by atoms with van der Waals surface area (Å²) in [5.41, 5.74) is 2.37. The maximum atomic E-state index is 12.1. The van der Waals surface area contributed by atoms with Crippen LogP contribution < -0.4 is 10.9 Å². The first-order chi connectivity index (χ1) is 10.6. The summed E-state index contributed by atoms with van der Waals surface area (Å²) in [5, 5.41) is 3.62. The second kappa shape index (κ2) is 5.81. The van der Waals surface area contributed by atoms with Crippen molar-refractivity contribution in [2.24, 2.45) is 0 Å². The van der Waals surface area contributed by atoms with Crippen LogP contribution >= 0.6 is 0 Å². The zero-order chi connectivity index (χ0) is 15.5. The summed E-state index contributed by atoms with van der Waals surface area (Å²) in [4.78, 5) is 27.6. The number of fused-ring (bicyclic) bond motifs is 1. The van der Waals surface area contributed by atoms with E-state index in [2.05, 4.69) is 10.3 Å². The zero-order valence-corrected chi connectivity index (χ0v) is 12.0. The van der Waals surface area contributed by atoms with E-state index < -0.39 is 5.63 Å². The Morgan fingerprint density at radius 3 is 2.73 bits per heavy atom. The number of aromatic nitrogens is 1. The fourth-order valence-electron chi connectivity index (χ4n) is 2.26. The van der Waals surface area contributed by atoms with Gasteiger partial charge in [0.25, 0.3) is 5.91 Å². The van der Waals surface area contributed by atoms with Crippen molar-refractivity contribution >= 4 is 16.9 Å². The number of rotatable bonds is 3. The number of benzene rings is 1. The minimum absolute atomic E-state index is 0.212. The highest BCUT2D eigenvalue weighted by atomic mass is 16.4. The summed E-state index contributed by atoms with van der Waals surface area (Å²) < 4.78 is 5.20. The van der Waals surface area contributed by atoms with Crippen molar-refractivity contribution in [1.29, 1.82) is 0 Å². The van der Waals surface area contributed by atoms with Gasteiger partial charge in [0.05, 0.1) is 0 Å². The Morgan fingerprint density at radius 1 is 1.18 bits per heavy atom. The van der Waals surface area contributed by atoms with Gasteiger partial charge in [-0.25, -0.2) is 4.79 Å². The third kappa shape index (κ3) is 2.88. The van der Waals surface area contributed by atoms with Crippen LogP contribution in [0.5, 0.6) is 0 Å². The van der Waals surface area contributed by atoms with Crippen LogP contribution in [-0.2, 0) is 6.54 Å². The smallest absolute Gasteiger partial charge is 0.336 e. The Labute approximate surface area is 126 Å². The van der Waals surface area contributed by atoms with E-state index in [0.29, 0.717) is 11.1 Å². The van der Waals surface area contributed by atoms with E-state index in [9.17, 15) is 9.59 Å². The molecule has 3 rings (SSSR count). The first-order valence-electron chi connectivity index (χ1n) is 6.85. The molecule has 0 bridgehead atoms. The molecule has 0 saturated heterocycles. The summed E-state index contributed by atoms with van der Waals surface area (Å²) in [5.74, 6) is -0.212. The fourth-order valence-corrected chi connectivity index (χ4v) is 2.26. The second-order valence-corrected chi connectivity index (χ2v) is 5.01. The summed E-state index contributed by atoms with van der Waals surface area (Å²) in [6.45, 7) is 2.18. The van der Waals surface area contributed by atoms with Crippen molar-refractivity contribution in [3.63, 3.8) is 0 Å². The molecule has 5 heteroatoms. The second-order valence-electron chi connectivity index (χ2n) is 5.01. The summed E-state index contributed by atoms with van der Waals surface area (Å²) in [7, 11) is 0. The van der Waals surface area contributed by atoms with Crippen molar-refractivity contribution in [3.8, 4) is 0 Å². The molecule has 0 aliphatic rings. The van der Waals surface area contributed by atoms with Crippen molar-refractivity contribution in [2.45, 2.75) is 13.5 Å². The zero-order valence-electron chi connectivity index (χ0n) is 12.0. The molecule has 0 aliphatic carbocycles. The Kier molecular flexibility index (Phi) is 3.70. The molecule has 2 aromatic heterocycles. The van der Waals surface area contributed by atoms with Crippen molar-refractivity contribution < 1.29 is 9.21 Å². The molecule has 1 N–H and O–H groups in total. The largest absolute Gasteiger partial charge is 0.423 e. The van der Waals surface area contributed by atoms with Crippen LogP contribution in [0, 0.1) is 6.92 Å². The lowest BCUT2D eigenvalue weighted by Gasteiger charge is -2.08. The quantitative estimate of drug-likeness (QED) is 0.753. The van der Waals surface area contributed by atoms with Gasteiger partial charge in [-0.2, -0.15) is 0 Å². The van der Waals surface area contributed by atoms with Crippen molar-refractivity contribution in [1.82, 2.24) is 10.3 Å². The van der Waals surface area contributed by atoms with E-state index in [1.165, 1.54) is 6.07 Å². The molecule has 0 spiro atoms. The van der Waals surface area contributed by atoms with Gasteiger partial charge in [-0.05, 0) is 36.2 Å². The molecular weight excluding hydrogens is 280 g/mol. The lowest BCUT2D eigenvalue weighted by Crippen LogP contribution is -2.23. The van der Waals surface area contributed by atoms with E-state index in [-0.39, 0.29) is 12.5 Å². The first kappa shape index (κ1) is 14.0. The number of amides is 1.